The van der Waals surface area contributed by atoms with Crippen molar-refractivity contribution in [1.82, 2.24) is 14.9 Å². The molecule has 0 radical (unpaired) electrons. The van der Waals surface area contributed by atoms with Crippen LogP contribution >= 0.6 is 24.8 Å². The maximum atomic E-state index is 12.2. The molecule has 0 aliphatic carbocycles. The second kappa shape index (κ2) is 8.95. The number of nitrogens with two attached hydrogens (primary N) is 2. The summed E-state index contributed by atoms with van der Waals surface area (Å²) in [5.74, 6) is 0.724. The fourth-order valence-electron chi connectivity index (χ4n) is 2.28. The van der Waals surface area contributed by atoms with Crippen LogP contribution in [-0.2, 0) is 4.79 Å². The van der Waals surface area contributed by atoms with Gasteiger partial charge in [0.15, 0.2) is 0 Å². The first-order valence-electron chi connectivity index (χ1n) is 7.04. The van der Waals surface area contributed by atoms with Gasteiger partial charge in [0.05, 0.1) is 6.04 Å². The van der Waals surface area contributed by atoms with E-state index < -0.39 is 6.04 Å². The molecule has 0 spiro atoms. The van der Waals surface area contributed by atoms with E-state index in [0.29, 0.717) is 32.0 Å². The second-order valence-electron chi connectivity index (χ2n) is 5.57. The lowest BCUT2D eigenvalue weighted by molar-refractivity contribution is -0.133. The van der Waals surface area contributed by atoms with Crippen molar-refractivity contribution in [1.29, 1.82) is 0 Å². The molecule has 1 aromatic rings. The summed E-state index contributed by atoms with van der Waals surface area (Å²) in [6, 6.07) is 0.943. The number of hydrogen-bond donors (Lipinski definition) is 3. The molecule has 1 aromatic heterocycles. The zero-order chi connectivity index (χ0) is 15.6. The van der Waals surface area contributed by atoms with Gasteiger partial charge in [0.1, 0.15) is 5.82 Å². The number of halogens is 2. The van der Waals surface area contributed by atoms with Crippen LogP contribution in [0, 0.1) is 5.92 Å². The van der Waals surface area contributed by atoms with Gasteiger partial charge in [0.2, 0.25) is 11.9 Å². The molecule has 2 rings (SSSR count). The summed E-state index contributed by atoms with van der Waals surface area (Å²) >= 11 is 0. The molecule has 0 bridgehead atoms. The van der Waals surface area contributed by atoms with Crippen molar-refractivity contribution in [2.24, 2.45) is 11.7 Å². The minimum atomic E-state index is -0.468. The van der Waals surface area contributed by atoms with Crippen molar-refractivity contribution in [3.05, 3.63) is 16.4 Å². The molecular formula is C13H24Cl2N6O2. The van der Waals surface area contributed by atoms with Crippen molar-refractivity contribution < 1.29 is 4.79 Å². The van der Waals surface area contributed by atoms with Gasteiger partial charge in [-0.25, -0.2) is 0 Å². The molecule has 2 heterocycles. The Kier molecular flexibility index (Phi) is 8.36. The van der Waals surface area contributed by atoms with Crippen LogP contribution in [0.1, 0.15) is 13.8 Å². The highest BCUT2D eigenvalue weighted by Gasteiger charge is 2.27. The Hall–Kier alpha value is -1.51. The number of aromatic nitrogens is 2. The van der Waals surface area contributed by atoms with E-state index in [0.717, 1.165) is 0 Å². The van der Waals surface area contributed by atoms with Crippen LogP contribution in [0.2, 0.25) is 0 Å². The molecule has 1 saturated heterocycles. The number of nitrogens with zero attached hydrogens (tertiary/aromatic N) is 3. The zero-order valence-corrected chi connectivity index (χ0v) is 14.8. The van der Waals surface area contributed by atoms with E-state index in [4.69, 9.17) is 11.5 Å². The first-order valence-corrected chi connectivity index (χ1v) is 7.04. The van der Waals surface area contributed by atoms with Crippen LogP contribution in [-0.4, -0.2) is 53.0 Å². The molecule has 0 saturated carbocycles. The Morgan fingerprint density at radius 3 is 2.30 bits per heavy atom. The molecule has 1 atom stereocenters. The molecule has 1 amide bonds. The lowest BCUT2D eigenvalue weighted by Gasteiger charge is -2.36. The third-order valence-electron chi connectivity index (χ3n) is 3.67. The number of H-pyrrole nitrogens is 1. The predicted molar refractivity (Wildman–Crippen MR) is 95.4 cm³/mol. The molecule has 5 N–H and O–H groups in total. The van der Waals surface area contributed by atoms with Crippen LogP contribution < -0.4 is 21.9 Å². The van der Waals surface area contributed by atoms with Crippen molar-refractivity contribution in [2.75, 3.05) is 36.8 Å². The first-order chi connectivity index (χ1) is 9.88. The van der Waals surface area contributed by atoms with Crippen molar-refractivity contribution in [3.8, 4) is 0 Å². The summed E-state index contributed by atoms with van der Waals surface area (Å²) in [5.41, 5.74) is 11.2. The minimum Gasteiger partial charge on any atom is -0.369 e. The quantitative estimate of drug-likeness (QED) is 0.682. The summed E-state index contributed by atoms with van der Waals surface area (Å²) in [6.07, 6.45) is 0. The van der Waals surface area contributed by atoms with E-state index in [2.05, 4.69) is 9.97 Å². The molecular weight excluding hydrogens is 343 g/mol. The maximum absolute atomic E-state index is 12.2. The maximum Gasteiger partial charge on any atom is 0.254 e. The van der Waals surface area contributed by atoms with E-state index in [-0.39, 0.29) is 48.1 Å². The average Bonchev–Trinajstić information content (AvgIpc) is 2.44. The van der Waals surface area contributed by atoms with E-state index >= 15 is 0 Å². The molecule has 1 aliphatic heterocycles. The normalized spacial score (nSPS) is 15.7. The highest BCUT2D eigenvalue weighted by molar-refractivity contribution is 5.85. The van der Waals surface area contributed by atoms with Gasteiger partial charge in [0, 0.05) is 32.2 Å². The summed E-state index contributed by atoms with van der Waals surface area (Å²) in [4.78, 5) is 33.8. The Balaban J connectivity index is 0.00000242. The van der Waals surface area contributed by atoms with Gasteiger partial charge in [-0.05, 0) is 5.92 Å². The van der Waals surface area contributed by atoms with Crippen molar-refractivity contribution in [3.63, 3.8) is 0 Å². The monoisotopic (exact) mass is 366 g/mol. The van der Waals surface area contributed by atoms with Crippen LogP contribution in [0.15, 0.2) is 10.9 Å². The Morgan fingerprint density at radius 1 is 1.26 bits per heavy atom. The lowest BCUT2D eigenvalue weighted by Crippen LogP contribution is -2.54. The average molecular weight is 367 g/mol. The molecule has 8 nitrogen and oxygen atoms in total. The number of carbonyl (C=O) groups is 1. The van der Waals surface area contributed by atoms with Gasteiger partial charge < -0.3 is 21.3 Å². The Bertz CT molecular complexity index is 572. The van der Waals surface area contributed by atoms with E-state index in [1.54, 1.807) is 4.90 Å². The Morgan fingerprint density at radius 2 is 1.83 bits per heavy atom. The second-order valence-corrected chi connectivity index (χ2v) is 5.57. The summed E-state index contributed by atoms with van der Waals surface area (Å²) < 4.78 is 0. The fraction of sp³-hybridized carbons (Fsp3) is 0.615. The van der Waals surface area contributed by atoms with Crippen LogP contribution in [0.4, 0.5) is 11.8 Å². The van der Waals surface area contributed by atoms with Crippen molar-refractivity contribution >= 4 is 42.5 Å². The van der Waals surface area contributed by atoms with Gasteiger partial charge in [-0.1, -0.05) is 13.8 Å². The number of nitrogen functional groups attached to an aromatic ring is 1. The van der Waals surface area contributed by atoms with E-state index in [1.165, 1.54) is 6.07 Å². The standard InChI is InChI=1S/C13H22N6O2.2ClH/c1-8(2)11(14)12(21)19-5-3-18(4-6-19)9-7-10(20)17-13(15)16-9;;/h7-8,11H,3-6,14H2,1-2H3,(H3,15,16,17,20);2*1H/t11-;;/m1../s1. The number of anilines is 2. The van der Waals surface area contributed by atoms with Gasteiger partial charge in [-0.3, -0.25) is 14.6 Å². The molecule has 1 fully saturated rings. The largest absolute Gasteiger partial charge is 0.369 e. The van der Waals surface area contributed by atoms with Crippen LogP contribution in [0.25, 0.3) is 0 Å². The number of piperazine rings is 1. The number of rotatable bonds is 3. The highest BCUT2D eigenvalue weighted by Crippen LogP contribution is 2.13. The molecule has 132 valence electrons. The number of carbonyl (C=O) groups excluding carboxylic acids is 1. The van der Waals surface area contributed by atoms with E-state index in [1.807, 2.05) is 18.7 Å². The summed E-state index contributed by atoms with van der Waals surface area (Å²) in [5, 5.41) is 0. The van der Waals surface area contributed by atoms with Crippen LogP contribution in [0.5, 0.6) is 0 Å². The molecule has 10 heteroatoms. The molecule has 23 heavy (non-hydrogen) atoms. The van der Waals surface area contributed by atoms with Gasteiger partial charge in [0.25, 0.3) is 5.56 Å². The van der Waals surface area contributed by atoms with E-state index in [9.17, 15) is 9.59 Å². The zero-order valence-electron chi connectivity index (χ0n) is 13.2. The fourth-order valence-corrected chi connectivity index (χ4v) is 2.28. The number of hydrogen-bond acceptors (Lipinski definition) is 6. The summed E-state index contributed by atoms with van der Waals surface area (Å²) in [7, 11) is 0. The third kappa shape index (κ3) is 5.26. The minimum absolute atomic E-state index is 0. The van der Waals surface area contributed by atoms with Crippen LogP contribution in [0.3, 0.4) is 0 Å². The first kappa shape index (κ1) is 21.5. The molecule has 0 aromatic carbocycles. The number of amides is 1. The smallest absolute Gasteiger partial charge is 0.254 e. The number of nitrogens with one attached hydrogen (secondary N) is 1. The Labute approximate surface area is 147 Å². The lowest BCUT2D eigenvalue weighted by atomic mass is 10.0. The van der Waals surface area contributed by atoms with Crippen molar-refractivity contribution in [2.45, 2.75) is 19.9 Å². The summed E-state index contributed by atoms with van der Waals surface area (Å²) in [6.45, 7) is 6.20. The molecule has 1 aliphatic rings. The van der Waals surface area contributed by atoms with Gasteiger partial charge >= 0.3 is 0 Å². The third-order valence-corrected chi connectivity index (χ3v) is 3.67. The van der Waals surface area contributed by atoms with Gasteiger partial charge in [-0.15, -0.1) is 24.8 Å². The predicted octanol–water partition coefficient (Wildman–Crippen LogP) is -0.172. The topological polar surface area (TPSA) is 121 Å². The SMILES string of the molecule is CC(C)[C@@H](N)C(=O)N1CCN(c2cc(=O)[nH]c(N)n2)CC1.Cl.Cl. The van der Waals surface area contributed by atoms with Gasteiger partial charge in [-0.2, -0.15) is 4.98 Å². The highest BCUT2D eigenvalue weighted by atomic mass is 35.5. The molecule has 0 unspecified atom stereocenters. The number of aromatic amines is 1.